The van der Waals surface area contributed by atoms with E-state index >= 15 is 0 Å². The van der Waals surface area contributed by atoms with E-state index in [2.05, 4.69) is 0 Å². The van der Waals surface area contributed by atoms with Crippen LogP contribution < -0.4 is 10.6 Å². The van der Waals surface area contributed by atoms with E-state index in [1.165, 1.54) is 0 Å². The summed E-state index contributed by atoms with van der Waals surface area (Å²) in [5.74, 6) is 0. The van der Waals surface area contributed by atoms with Gasteiger partial charge in [-0.3, -0.25) is 4.90 Å². The van der Waals surface area contributed by atoms with Crippen molar-refractivity contribution in [2.75, 3.05) is 23.8 Å². The Morgan fingerprint density at radius 2 is 2.06 bits per heavy atom. The lowest BCUT2D eigenvalue weighted by atomic mass is 10.2. The second-order valence-electron chi connectivity index (χ2n) is 3.41. The number of nitrogens with two attached hydrogens (primary N) is 1. The molecule has 1 amide bonds. The Morgan fingerprint density at radius 1 is 1.38 bits per heavy atom. The van der Waals surface area contributed by atoms with Crippen LogP contribution in [0.15, 0.2) is 24.3 Å². The molecule has 0 aliphatic carbocycles. The lowest BCUT2D eigenvalue weighted by molar-refractivity contribution is 0.160. The number of hydrogen-bond acceptors (Lipinski definition) is 3. The normalized spacial score (nSPS) is 9.88. The minimum Gasteiger partial charge on any atom is -0.449 e. The maximum Gasteiger partial charge on any atom is 0.414 e. The van der Waals surface area contributed by atoms with E-state index in [0.717, 1.165) is 6.42 Å². The van der Waals surface area contributed by atoms with Gasteiger partial charge in [-0.25, -0.2) is 4.79 Å². The molecule has 4 heteroatoms. The first kappa shape index (κ1) is 12.4. The van der Waals surface area contributed by atoms with Crippen LogP contribution in [0.25, 0.3) is 0 Å². The number of benzene rings is 1. The van der Waals surface area contributed by atoms with Gasteiger partial charge in [-0.2, -0.15) is 0 Å². The van der Waals surface area contributed by atoms with Crippen molar-refractivity contribution in [1.29, 1.82) is 0 Å². The third kappa shape index (κ3) is 2.89. The number of carbonyl (C=O) groups is 1. The van der Waals surface area contributed by atoms with E-state index in [0.29, 0.717) is 24.5 Å². The molecule has 0 heterocycles. The van der Waals surface area contributed by atoms with E-state index < -0.39 is 0 Å². The third-order valence-corrected chi connectivity index (χ3v) is 2.16. The maximum atomic E-state index is 11.7. The molecule has 88 valence electrons. The summed E-state index contributed by atoms with van der Waals surface area (Å²) in [6.45, 7) is 4.76. The van der Waals surface area contributed by atoms with Gasteiger partial charge in [0.1, 0.15) is 0 Å². The van der Waals surface area contributed by atoms with E-state index in [-0.39, 0.29) is 6.09 Å². The summed E-state index contributed by atoms with van der Waals surface area (Å²) in [5, 5.41) is 0. The predicted octanol–water partition coefficient (Wildman–Crippen LogP) is 2.64. The summed E-state index contributed by atoms with van der Waals surface area (Å²) in [7, 11) is 0. The highest BCUT2D eigenvalue weighted by Crippen LogP contribution is 2.23. The SMILES string of the molecule is CCCN(C(=O)OCC)c1ccccc1N. The predicted molar refractivity (Wildman–Crippen MR) is 65.5 cm³/mol. The Morgan fingerprint density at radius 3 is 2.62 bits per heavy atom. The summed E-state index contributed by atoms with van der Waals surface area (Å²) in [5.41, 5.74) is 7.13. The minimum absolute atomic E-state index is 0.345. The van der Waals surface area contributed by atoms with Gasteiger partial charge in [0, 0.05) is 6.54 Å². The van der Waals surface area contributed by atoms with Gasteiger partial charge in [0.05, 0.1) is 18.0 Å². The van der Waals surface area contributed by atoms with Crippen molar-refractivity contribution >= 4 is 17.5 Å². The second kappa shape index (κ2) is 6.00. The topological polar surface area (TPSA) is 55.6 Å². The molecule has 0 atom stereocenters. The average molecular weight is 222 g/mol. The van der Waals surface area contributed by atoms with Gasteiger partial charge >= 0.3 is 6.09 Å². The van der Waals surface area contributed by atoms with Gasteiger partial charge in [-0.1, -0.05) is 19.1 Å². The van der Waals surface area contributed by atoms with Crippen molar-refractivity contribution in [3.63, 3.8) is 0 Å². The van der Waals surface area contributed by atoms with Crippen molar-refractivity contribution in [1.82, 2.24) is 0 Å². The van der Waals surface area contributed by atoms with Crippen LogP contribution in [-0.4, -0.2) is 19.2 Å². The number of nitrogens with zero attached hydrogens (tertiary/aromatic N) is 1. The van der Waals surface area contributed by atoms with E-state index in [1.807, 2.05) is 25.1 Å². The van der Waals surface area contributed by atoms with Crippen LogP contribution in [-0.2, 0) is 4.74 Å². The Hall–Kier alpha value is -1.71. The molecule has 0 saturated carbocycles. The molecule has 2 N–H and O–H groups in total. The number of anilines is 2. The third-order valence-electron chi connectivity index (χ3n) is 2.16. The first-order valence-corrected chi connectivity index (χ1v) is 5.49. The molecule has 0 saturated heterocycles. The highest BCUT2D eigenvalue weighted by Gasteiger charge is 2.17. The van der Waals surface area contributed by atoms with Gasteiger partial charge in [-0.05, 0) is 25.5 Å². The monoisotopic (exact) mass is 222 g/mol. The smallest absolute Gasteiger partial charge is 0.414 e. The summed E-state index contributed by atoms with van der Waals surface area (Å²) in [6.07, 6.45) is 0.509. The van der Waals surface area contributed by atoms with E-state index in [9.17, 15) is 4.79 Å². The van der Waals surface area contributed by atoms with Crippen molar-refractivity contribution in [2.24, 2.45) is 0 Å². The van der Waals surface area contributed by atoms with Crippen molar-refractivity contribution in [2.45, 2.75) is 20.3 Å². The molecular formula is C12H18N2O2. The number of nitrogen functional groups attached to an aromatic ring is 1. The molecule has 1 aromatic carbocycles. The van der Waals surface area contributed by atoms with Crippen molar-refractivity contribution in [3.05, 3.63) is 24.3 Å². The lowest BCUT2D eigenvalue weighted by Gasteiger charge is -2.22. The van der Waals surface area contributed by atoms with Crippen LogP contribution in [0.5, 0.6) is 0 Å². The summed E-state index contributed by atoms with van der Waals surface area (Å²) >= 11 is 0. The summed E-state index contributed by atoms with van der Waals surface area (Å²) < 4.78 is 5.00. The zero-order chi connectivity index (χ0) is 12.0. The molecule has 0 fully saturated rings. The molecule has 1 aromatic rings. The van der Waals surface area contributed by atoms with Gasteiger partial charge in [0.25, 0.3) is 0 Å². The summed E-state index contributed by atoms with van der Waals surface area (Å²) in [4.78, 5) is 13.3. The Balaban J connectivity index is 2.93. The van der Waals surface area contributed by atoms with Crippen LogP contribution in [0.4, 0.5) is 16.2 Å². The quantitative estimate of drug-likeness (QED) is 0.797. The molecule has 0 aromatic heterocycles. The Bertz CT molecular complexity index is 353. The molecule has 16 heavy (non-hydrogen) atoms. The first-order valence-electron chi connectivity index (χ1n) is 5.49. The lowest BCUT2D eigenvalue weighted by Crippen LogP contribution is -2.32. The van der Waals surface area contributed by atoms with E-state index in [4.69, 9.17) is 10.5 Å². The molecule has 0 bridgehead atoms. The maximum absolute atomic E-state index is 11.7. The van der Waals surface area contributed by atoms with Gasteiger partial charge in [0.15, 0.2) is 0 Å². The zero-order valence-corrected chi connectivity index (χ0v) is 9.77. The fourth-order valence-electron chi connectivity index (χ4n) is 1.47. The van der Waals surface area contributed by atoms with Crippen LogP contribution >= 0.6 is 0 Å². The summed E-state index contributed by atoms with van der Waals surface area (Å²) in [6, 6.07) is 7.29. The minimum atomic E-state index is -0.345. The molecule has 0 spiro atoms. The van der Waals surface area contributed by atoms with Gasteiger partial charge < -0.3 is 10.5 Å². The van der Waals surface area contributed by atoms with Crippen LogP contribution in [0.2, 0.25) is 0 Å². The number of ether oxygens (including phenoxy) is 1. The van der Waals surface area contributed by atoms with Crippen LogP contribution in [0.3, 0.4) is 0 Å². The molecule has 1 rings (SSSR count). The van der Waals surface area contributed by atoms with Crippen molar-refractivity contribution < 1.29 is 9.53 Å². The fraction of sp³-hybridized carbons (Fsp3) is 0.417. The number of rotatable bonds is 4. The van der Waals surface area contributed by atoms with Gasteiger partial charge in [0.2, 0.25) is 0 Å². The van der Waals surface area contributed by atoms with E-state index in [1.54, 1.807) is 17.9 Å². The molecule has 0 aliphatic heterocycles. The Labute approximate surface area is 96.0 Å². The Kier molecular flexibility index (Phi) is 4.64. The number of carbonyl (C=O) groups excluding carboxylic acids is 1. The molecule has 4 nitrogen and oxygen atoms in total. The molecule has 0 radical (unpaired) electrons. The highest BCUT2D eigenvalue weighted by atomic mass is 16.6. The molecule has 0 unspecified atom stereocenters. The zero-order valence-electron chi connectivity index (χ0n) is 9.77. The van der Waals surface area contributed by atoms with Crippen LogP contribution in [0, 0.1) is 0 Å². The number of para-hydroxylation sites is 2. The standard InChI is InChI=1S/C12H18N2O2/c1-3-9-14(12(15)16-4-2)11-8-6-5-7-10(11)13/h5-8H,3-4,9,13H2,1-2H3. The highest BCUT2D eigenvalue weighted by molar-refractivity contribution is 5.91. The number of hydrogen-bond donors (Lipinski definition) is 1. The van der Waals surface area contributed by atoms with Gasteiger partial charge in [-0.15, -0.1) is 0 Å². The molecular weight excluding hydrogens is 204 g/mol. The second-order valence-corrected chi connectivity index (χ2v) is 3.41. The average Bonchev–Trinajstić information content (AvgIpc) is 2.27. The van der Waals surface area contributed by atoms with Crippen LogP contribution in [0.1, 0.15) is 20.3 Å². The first-order chi connectivity index (χ1) is 7.70. The largest absolute Gasteiger partial charge is 0.449 e. The molecule has 0 aliphatic rings. The fourth-order valence-corrected chi connectivity index (χ4v) is 1.47. The van der Waals surface area contributed by atoms with Crippen molar-refractivity contribution in [3.8, 4) is 0 Å². The number of amides is 1.